The molecule has 3 rings (SSSR count). The fourth-order valence-electron chi connectivity index (χ4n) is 3.69. The summed E-state index contributed by atoms with van der Waals surface area (Å²) in [6.45, 7) is 8.29. The quantitative estimate of drug-likeness (QED) is 0.910. The van der Waals surface area contributed by atoms with Crippen molar-refractivity contribution in [2.45, 2.75) is 31.7 Å². The van der Waals surface area contributed by atoms with E-state index in [0.717, 1.165) is 12.6 Å². The smallest absolute Gasteiger partial charge is 0.0376 e. The number of piperidine rings is 1. The normalized spacial score (nSPS) is 23.9. The molecule has 110 valence electrons. The highest BCUT2D eigenvalue weighted by atomic mass is 15.2. The summed E-state index contributed by atoms with van der Waals surface area (Å²) >= 11 is 0. The van der Waals surface area contributed by atoms with E-state index in [4.69, 9.17) is 0 Å². The van der Waals surface area contributed by atoms with Gasteiger partial charge in [-0.2, -0.15) is 0 Å². The second-order valence-electron chi connectivity index (χ2n) is 6.27. The molecule has 3 heteroatoms. The van der Waals surface area contributed by atoms with Crippen LogP contribution in [-0.4, -0.2) is 55.6 Å². The van der Waals surface area contributed by atoms with Crippen LogP contribution in [-0.2, 0) is 0 Å². The van der Waals surface area contributed by atoms with Crippen LogP contribution in [0.2, 0.25) is 0 Å². The van der Waals surface area contributed by atoms with Crippen molar-refractivity contribution in [2.24, 2.45) is 0 Å². The molecular weight excluding hydrogens is 246 g/mol. The molecule has 1 N–H and O–H groups in total. The van der Waals surface area contributed by atoms with E-state index in [1.165, 1.54) is 50.3 Å². The third-order valence-corrected chi connectivity index (χ3v) is 5.08. The number of anilines is 1. The van der Waals surface area contributed by atoms with Crippen LogP contribution in [0.25, 0.3) is 0 Å². The molecular formula is C17H27N3. The van der Waals surface area contributed by atoms with E-state index in [9.17, 15) is 0 Å². The first-order chi connectivity index (χ1) is 9.78. The summed E-state index contributed by atoms with van der Waals surface area (Å²) in [5, 5.41) is 3.54. The third kappa shape index (κ3) is 2.84. The first-order valence-electron chi connectivity index (χ1n) is 8.03. The van der Waals surface area contributed by atoms with Gasteiger partial charge in [-0.25, -0.2) is 0 Å². The fourth-order valence-corrected chi connectivity index (χ4v) is 3.69. The lowest BCUT2D eigenvalue weighted by Crippen LogP contribution is -2.44. The predicted molar refractivity (Wildman–Crippen MR) is 85.4 cm³/mol. The number of hydrogen-bond donors (Lipinski definition) is 1. The molecule has 20 heavy (non-hydrogen) atoms. The average molecular weight is 273 g/mol. The molecule has 0 radical (unpaired) electrons. The van der Waals surface area contributed by atoms with Crippen LogP contribution in [0.1, 0.15) is 31.2 Å². The maximum Gasteiger partial charge on any atom is 0.0376 e. The summed E-state index contributed by atoms with van der Waals surface area (Å²) in [4.78, 5) is 5.16. The van der Waals surface area contributed by atoms with Gasteiger partial charge in [0.2, 0.25) is 0 Å². The van der Waals surface area contributed by atoms with Crippen LogP contribution in [0, 0.1) is 0 Å². The third-order valence-electron chi connectivity index (χ3n) is 5.08. The Kier molecular flexibility index (Phi) is 4.27. The first-order valence-corrected chi connectivity index (χ1v) is 8.03. The lowest BCUT2D eigenvalue weighted by Gasteiger charge is -2.37. The number of nitrogens with zero attached hydrogens (tertiary/aromatic N) is 2. The zero-order valence-electron chi connectivity index (χ0n) is 12.8. The molecule has 2 aliphatic heterocycles. The molecule has 1 aromatic carbocycles. The predicted octanol–water partition coefficient (Wildman–Crippen LogP) is 2.61. The van der Waals surface area contributed by atoms with Crippen LogP contribution in [0.3, 0.4) is 0 Å². The second kappa shape index (κ2) is 6.15. The first kappa shape index (κ1) is 13.9. The summed E-state index contributed by atoms with van der Waals surface area (Å²) in [6, 6.07) is 9.55. The van der Waals surface area contributed by atoms with Crippen molar-refractivity contribution >= 4 is 5.69 Å². The van der Waals surface area contributed by atoms with Gasteiger partial charge >= 0.3 is 0 Å². The molecule has 2 heterocycles. The summed E-state index contributed by atoms with van der Waals surface area (Å²) in [5.41, 5.74) is 2.84. The molecule has 0 saturated carbocycles. The van der Waals surface area contributed by atoms with E-state index in [-0.39, 0.29) is 0 Å². The van der Waals surface area contributed by atoms with Crippen LogP contribution in [0.15, 0.2) is 24.3 Å². The van der Waals surface area contributed by atoms with Gasteiger partial charge in [0.25, 0.3) is 0 Å². The highest BCUT2D eigenvalue weighted by Crippen LogP contribution is 2.32. The molecule has 0 amide bonds. The fraction of sp³-hybridized carbons (Fsp3) is 0.647. The van der Waals surface area contributed by atoms with Gasteiger partial charge < -0.3 is 15.1 Å². The van der Waals surface area contributed by atoms with Crippen molar-refractivity contribution in [1.82, 2.24) is 9.80 Å². The Labute approximate surface area is 123 Å². The summed E-state index contributed by atoms with van der Waals surface area (Å²) < 4.78 is 0. The van der Waals surface area contributed by atoms with Crippen molar-refractivity contribution in [3.05, 3.63) is 29.8 Å². The van der Waals surface area contributed by atoms with E-state index < -0.39 is 0 Å². The minimum absolute atomic E-state index is 0.653. The van der Waals surface area contributed by atoms with E-state index in [1.807, 2.05) is 0 Å². The topological polar surface area (TPSA) is 18.5 Å². The van der Waals surface area contributed by atoms with Crippen LogP contribution in [0.5, 0.6) is 0 Å². The number of para-hydroxylation sites is 1. The minimum Gasteiger partial charge on any atom is -0.384 e. The number of rotatable bonds is 4. The van der Waals surface area contributed by atoms with Gasteiger partial charge in [-0.05, 0) is 51.2 Å². The van der Waals surface area contributed by atoms with Gasteiger partial charge in [-0.1, -0.05) is 25.1 Å². The molecule has 2 aliphatic rings. The maximum atomic E-state index is 3.54. The molecule has 1 unspecified atom stereocenters. The monoisotopic (exact) mass is 273 g/mol. The van der Waals surface area contributed by atoms with E-state index in [0.29, 0.717) is 5.92 Å². The molecule has 1 aromatic rings. The Balaban J connectivity index is 1.56. The minimum atomic E-state index is 0.653. The molecule has 1 saturated heterocycles. The zero-order valence-corrected chi connectivity index (χ0v) is 12.8. The second-order valence-corrected chi connectivity index (χ2v) is 6.27. The Morgan fingerprint density at radius 1 is 1.25 bits per heavy atom. The van der Waals surface area contributed by atoms with Crippen LogP contribution >= 0.6 is 0 Å². The van der Waals surface area contributed by atoms with E-state index in [1.54, 1.807) is 0 Å². The zero-order chi connectivity index (χ0) is 13.9. The van der Waals surface area contributed by atoms with Gasteiger partial charge in [0.15, 0.2) is 0 Å². The Bertz CT molecular complexity index is 438. The molecule has 0 spiro atoms. The van der Waals surface area contributed by atoms with Gasteiger partial charge in [0, 0.05) is 30.7 Å². The van der Waals surface area contributed by atoms with Crippen molar-refractivity contribution in [3.63, 3.8) is 0 Å². The summed E-state index contributed by atoms with van der Waals surface area (Å²) in [5.74, 6) is 0.653. The van der Waals surface area contributed by atoms with Crippen LogP contribution < -0.4 is 5.32 Å². The Morgan fingerprint density at radius 2 is 2.00 bits per heavy atom. The van der Waals surface area contributed by atoms with Crippen LogP contribution in [0.4, 0.5) is 5.69 Å². The lowest BCUT2D eigenvalue weighted by molar-refractivity contribution is 0.128. The standard InChI is InChI=1S/C17H27N3/c1-3-20-10-8-15(9-11-20)19(2)13-14-12-18-17-7-5-4-6-16(14)17/h4-7,14-15,18H,3,8-13H2,1-2H3. The summed E-state index contributed by atoms with van der Waals surface area (Å²) in [6.07, 6.45) is 2.65. The highest BCUT2D eigenvalue weighted by molar-refractivity contribution is 5.57. The van der Waals surface area contributed by atoms with Gasteiger partial charge in [-0.3, -0.25) is 0 Å². The SMILES string of the molecule is CCN1CCC(N(C)CC2CNc3ccccc32)CC1. The van der Waals surface area contributed by atoms with E-state index in [2.05, 4.69) is 53.4 Å². The van der Waals surface area contributed by atoms with Gasteiger partial charge in [-0.15, -0.1) is 0 Å². The highest BCUT2D eigenvalue weighted by Gasteiger charge is 2.27. The molecule has 0 bridgehead atoms. The van der Waals surface area contributed by atoms with E-state index >= 15 is 0 Å². The average Bonchev–Trinajstić information content (AvgIpc) is 2.91. The number of benzene rings is 1. The molecule has 3 nitrogen and oxygen atoms in total. The van der Waals surface area contributed by atoms with Crippen molar-refractivity contribution in [2.75, 3.05) is 45.1 Å². The maximum absolute atomic E-state index is 3.54. The number of hydrogen-bond acceptors (Lipinski definition) is 3. The largest absolute Gasteiger partial charge is 0.384 e. The number of fused-ring (bicyclic) bond motifs is 1. The Hall–Kier alpha value is -1.06. The van der Waals surface area contributed by atoms with Crippen molar-refractivity contribution in [3.8, 4) is 0 Å². The summed E-state index contributed by atoms with van der Waals surface area (Å²) in [7, 11) is 2.31. The van der Waals surface area contributed by atoms with Crippen molar-refractivity contribution < 1.29 is 0 Å². The lowest BCUT2D eigenvalue weighted by atomic mass is 9.98. The Morgan fingerprint density at radius 3 is 2.75 bits per heavy atom. The molecule has 1 fully saturated rings. The number of likely N-dealkylation sites (tertiary alicyclic amines) is 1. The molecule has 0 aromatic heterocycles. The van der Waals surface area contributed by atoms with Gasteiger partial charge in [0.05, 0.1) is 0 Å². The molecule has 1 atom stereocenters. The number of likely N-dealkylation sites (N-methyl/N-ethyl adjacent to an activating group) is 1. The molecule has 0 aliphatic carbocycles. The van der Waals surface area contributed by atoms with Gasteiger partial charge in [0.1, 0.15) is 0 Å². The van der Waals surface area contributed by atoms with Crippen molar-refractivity contribution in [1.29, 1.82) is 0 Å². The number of nitrogens with one attached hydrogen (secondary N) is 1.